The predicted molar refractivity (Wildman–Crippen MR) is 88.5 cm³/mol. The maximum atomic E-state index is 12.0. The Morgan fingerprint density at radius 1 is 1.39 bits per heavy atom. The zero-order valence-electron chi connectivity index (χ0n) is 12.6. The monoisotopic (exact) mass is 308 g/mol. The van der Waals surface area contributed by atoms with Gasteiger partial charge in [-0.3, -0.25) is 14.3 Å². The van der Waals surface area contributed by atoms with Crippen LogP contribution in [0.2, 0.25) is 0 Å². The van der Waals surface area contributed by atoms with Gasteiger partial charge in [0.15, 0.2) is 0 Å². The topological polar surface area (TPSA) is 76.0 Å². The van der Waals surface area contributed by atoms with Crippen LogP contribution >= 0.6 is 0 Å². The lowest BCUT2D eigenvalue weighted by Crippen LogP contribution is -2.25. The molecule has 116 valence electrons. The highest BCUT2D eigenvalue weighted by molar-refractivity contribution is 6.07. The Hall–Kier alpha value is -3.33. The first-order chi connectivity index (χ1) is 11.1. The number of benzene rings is 1. The van der Waals surface area contributed by atoms with E-state index < -0.39 is 0 Å². The first-order valence-electron chi connectivity index (χ1n) is 6.88. The standard InChI is InChI=1S/C17H16N4O2/c1-3-10-18-17(23)14-6-4-5-7-15(14)20-16(22)9-8-13-11-19-21(2)12-13/h1,4-9,11-12H,10H2,2H3,(H,18,23)(H,20,22)/b9-8+. The fourth-order valence-corrected chi connectivity index (χ4v) is 1.89. The molecule has 0 aliphatic carbocycles. The zero-order valence-corrected chi connectivity index (χ0v) is 12.6. The minimum absolute atomic E-state index is 0.127. The van der Waals surface area contributed by atoms with Crippen molar-refractivity contribution in [2.24, 2.45) is 7.05 Å². The number of hydrogen-bond donors (Lipinski definition) is 2. The van der Waals surface area contributed by atoms with Gasteiger partial charge in [-0.05, 0) is 18.2 Å². The average molecular weight is 308 g/mol. The molecule has 1 aromatic carbocycles. The van der Waals surface area contributed by atoms with Crippen molar-refractivity contribution < 1.29 is 9.59 Å². The van der Waals surface area contributed by atoms with Crippen LogP contribution in [0.3, 0.4) is 0 Å². The molecule has 6 nitrogen and oxygen atoms in total. The van der Waals surface area contributed by atoms with Gasteiger partial charge < -0.3 is 10.6 Å². The largest absolute Gasteiger partial charge is 0.341 e. The molecule has 0 radical (unpaired) electrons. The highest BCUT2D eigenvalue weighted by atomic mass is 16.2. The van der Waals surface area contributed by atoms with Crippen LogP contribution in [0.15, 0.2) is 42.7 Å². The second-order valence-corrected chi connectivity index (χ2v) is 4.70. The van der Waals surface area contributed by atoms with Crippen LogP contribution in [0.4, 0.5) is 5.69 Å². The molecule has 0 saturated carbocycles. The first kappa shape index (κ1) is 16.0. The Morgan fingerprint density at radius 3 is 2.87 bits per heavy atom. The molecule has 0 spiro atoms. The van der Waals surface area contributed by atoms with Crippen LogP contribution in [0.25, 0.3) is 6.08 Å². The molecular formula is C17H16N4O2. The zero-order chi connectivity index (χ0) is 16.7. The van der Waals surface area contributed by atoms with E-state index in [1.165, 1.54) is 6.08 Å². The predicted octanol–water partition coefficient (Wildman–Crippen LogP) is 1.43. The lowest BCUT2D eigenvalue weighted by atomic mass is 10.1. The molecule has 2 aromatic rings. The van der Waals surface area contributed by atoms with Gasteiger partial charge in [0.2, 0.25) is 5.91 Å². The highest BCUT2D eigenvalue weighted by Gasteiger charge is 2.11. The van der Waals surface area contributed by atoms with Gasteiger partial charge in [0, 0.05) is 24.9 Å². The Morgan fingerprint density at radius 2 is 2.17 bits per heavy atom. The van der Waals surface area contributed by atoms with Crippen molar-refractivity contribution in [3.05, 3.63) is 53.9 Å². The lowest BCUT2D eigenvalue weighted by molar-refractivity contribution is -0.111. The van der Waals surface area contributed by atoms with Crippen molar-refractivity contribution in [1.29, 1.82) is 0 Å². The number of aryl methyl sites for hydroxylation is 1. The normalized spacial score (nSPS) is 10.3. The number of carbonyl (C=O) groups excluding carboxylic acids is 2. The molecule has 0 atom stereocenters. The summed E-state index contributed by atoms with van der Waals surface area (Å²) in [6.07, 6.45) is 11.6. The number of amides is 2. The van der Waals surface area contributed by atoms with Gasteiger partial charge in [0.25, 0.3) is 5.91 Å². The number of hydrogen-bond acceptors (Lipinski definition) is 3. The van der Waals surface area contributed by atoms with Crippen molar-refractivity contribution in [3.8, 4) is 12.3 Å². The SMILES string of the molecule is C#CCNC(=O)c1ccccc1NC(=O)/C=C/c1cnn(C)c1. The third-order valence-electron chi connectivity index (χ3n) is 2.93. The van der Waals surface area contributed by atoms with Crippen molar-refractivity contribution in [3.63, 3.8) is 0 Å². The molecule has 2 rings (SSSR count). The van der Waals surface area contributed by atoms with E-state index in [9.17, 15) is 9.59 Å². The maximum Gasteiger partial charge on any atom is 0.254 e. The quantitative estimate of drug-likeness (QED) is 0.648. The van der Waals surface area contributed by atoms with Gasteiger partial charge in [-0.25, -0.2) is 0 Å². The second kappa shape index (κ2) is 7.61. The number of rotatable bonds is 5. The van der Waals surface area contributed by atoms with Gasteiger partial charge in [-0.2, -0.15) is 5.10 Å². The summed E-state index contributed by atoms with van der Waals surface area (Å²) in [7, 11) is 1.79. The van der Waals surface area contributed by atoms with E-state index in [2.05, 4.69) is 21.7 Å². The minimum Gasteiger partial charge on any atom is -0.341 e. The molecule has 23 heavy (non-hydrogen) atoms. The average Bonchev–Trinajstić information content (AvgIpc) is 2.96. The Kier molecular flexibility index (Phi) is 5.31. The second-order valence-electron chi connectivity index (χ2n) is 4.70. The third kappa shape index (κ3) is 4.58. The van der Waals surface area contributed by atoms with E-state index in [1.807, 2.05) is 0 Å². The number of carbonyl (C=O) groups is 2. The number of anilines is 1. The van der Waals surface area contributed by atoms with Gasteiger partial charge in [-0.1, -0.05) is 18.1 Å². The third-order valence-corrected chi connectivity index (χ3v) is 2.93. The van der Waals surface area contributed by atoms with E-state index in [-0.39, 0.29) is 18.4 Å². The number of aromatic nitrogens is 2. The molecule has 1 heterocycles. The molecule has 1 aromatic heterocycles. The van der Waals surface area contributed by atoms with Crippen LogP contribution in [-0.4, -0.2) is 28.1 Å². The molecular weight excluding hydrogens is 292 g/mol. The van der Waals surface area contributed by atoms with Crippen LogP contribution in [-0.2, 0) is 11.8 Å². The van der Waals surface area contributed by atoms with Gasteiger partial charge in [0.05, 0.1) is 24.0 Å². The van der Waals surface area contributed by atoms with E-state index in [0.717, 1.165) is 5.56 Å². The Balaban J connectivity index is 2.07. The van der Waals surface area contributed by atoms with Crippen LogP contribution in [0.1, 0.15) is 15.9 Å². The summed E-state index contributed by atoms with van der Waals surface area (Å²) in [5, 5.41) is 9.26. The molecule has 2 amide bonds. The van der Waals surface area contributed by atoms with Crippen molar-refractivity contribution in [2.75, 3.05) is 11.9 Å². The number of para-hydroxylation sites is 1. The Labute approximate surface area is 134 Å². The van der Waals surface area contributed by atoms with Gasteiger partial charge in [0.1, 0.15) is 0 Å². The summed E-state index contributed by atoms with van der Waals surface area (Å²) >= 11 is 0. The molecule has 0 aliphatic rings. The van der Waals surface area contributed by atoms with Crippen LogP contribution in [0, 0.1) is 12.3 Å². The van der Waals surface area contributed by atoms with E-state index in [1.54, 1.807) is 54.5 Å². The summed E-state index contributed by atoms with van der Waals surface area (Å²) in [6.45, 7) is 0.127. The van der Waals surface area contributed by atoms with E-state index in [4.69, 9.17) is 6.42 Å². The Bertz CT molecular complexity index is 784. The van der Waals surface area contributed by atoms with Crippen molar-refractivity contribution in [2.45, 2.75) is 0 Å². The number of nitrogens with one attached hydrogen (secondary N) is 2. The molecule has 0 saturated heterocycles. The van der Waals surface area contributed by atoms with Gasteiger partial charge in [-0.15, -0.1) is 6.42 Å². The summed E-state index contributed by atoms with van der Waals surface area (Å²) < 4.78 is 1.64. The van der Waals surface area contributed by atoms with Crippen LogP contribution in [0.5, 0.6) is 0 Å². The molecule has 0 aliphatic heterocycles. The maximum absolute atomic E-state index is 12.0. The molecule has 0 unspecified atom stereocenters. The van der Waals surface area contributed by atoms with Crippen molar-refractivity contribution in [1.82, 2.24) is 15.1 Å². The number of terminal acetylenes is 1. The summed E-state index contributed by atoms with van der Waals surface area (Å²) in [4.78, 5) is 24.0. The summed E-state index contributed by atoms with van der Waals surface area (Å²) in [5.74, 6) is 1.65. The fourth-order valence-electron chi connectivity index (χ4n) is 1.89. The van der Waals surface area contributed by atoms with Gasteiger partial charge >= 0.3 is 0 Å². The van der Waals surface area contributed by atoms with Crippen molar-refractivity contribution >= 4 is 23.6 Å². The lowest BCUT2D eigenvalue weighted by Gasteiger charge is -2.09. The molecule has 0 fully saturated rings. The summed E-state index contributed by atoms with van der Waals surface area (Å²) in [5.41, 5.74) is 1.58. The van der Waals surface area contributed by atoms with E-state index >= 15 is 0 Å². The van der Waals surface area contributed by atoms with E-state index in [0.29, 0.717) is 11.3 Å². The first-order valence-corrected chi connectivity index (χ1v) is 6.88. The molecule has 6 heteroatoms. The fraction of sp³-hybridized carbons (Fsp3) is 0.118. The van der Waals surface area contributed by atoms with Crippen LogP contribution < -0.4 is 10.6 Å². The minimum atomic E-state index is -0.342. The molecule has 0 bridgehead atoms. The highest BCUT2D eigenvalue weighted by Crippen LogP contribution is 2.15. The number of nitrogens with zero attached hydrogens (tertiary/aromatic N) is 2. The molecule has 2 N–H and O–H groups in total. The summed E-state index contributed by atoms with van der Waals surface area (Å²) in [6, 6.07) is 6.72. The smallest absolute Gasteiger partial charge is 0.254 e.